The number of H-pyrrole nitrogens is 1. The predicted octanol–water partition coefficient (Wildman–Crippen LogP) is 7.66. The molecule has 198 valence electrons. The molecule has 9 heteroatoms. The molecule has 0 atom stereocenters. The van der Waals surface area contributed by atoms with Gasteiger partial charge in [0.2, 0.25) is 5.89 Å². The molecular formula is C30H24Cl2N2O5. The van der Waals surface area contributed by atoms with Gasteiger partial charge in [-0.15, -0.1) is 5.10 Å². The zero-order chi connectivity index (χ0) is 27.6. The van der Waals surface area contributed by atoms with E-state index in [-0.39, 0.29) is 5.78 Å². The molecular weight excluding hydrogens is 539 g/mol. The minimum atomic E-state index is -0.570. The van der Waals surface area contributed by atoms with Gasteiger partial charge in [-0.25, -0.2) is 9.89 Å². The molecule has 1 aromatic heterocycles. The molecule has 0 spiro atoms. The second kappa shape index (κ2) is 13.5. The van der Waals surface area contributed by atoms with Crippen LogP contribution in [0.15, 0.2) is 106 Å². The van der Waals surface area contributed by atoms with Gasteiger partial charge in [0.25, 0.3) is 0 Å². The second-order valence-electron chi connectivity index (χ2n) is 8.42. The third-order valence-electron chi connectivity index (χ3n) is 5.22. The summed E-state index contributed by atoms with van der Waals surface area (Å²) in [4.78, 5) is 22.0. The third kappa shape index (κ3) is 8.60. The Morgan fingerprint density at radius 3 is 1.79 bits per heavy atom. The molecule has 0 aliphatic rings. The van der Waals surface area contributed by atoms with Crippen LogP contribution in [0.5, 0.6) is 23.0 Å². The summed E-state index contributed by atoms with van der Waals surface area (Å²) in [7, 11) is 0. The molecule has 5 rings (SSSR count). The maximum absolute atomic E-state index is 11.1. The number of hydrogen-bond donors (Lipinski definition) is 1. The van der Waals surface area contributed by atoms with Crippen molar-refractivity contribution in [2.24, 2.45) is 0 Å². The van der Waals surface area contributed by atoms with Gasteiger partial charge in [0.05, 0.1) is 16.5 Å². The SMILES string of the molecule is CC(=O)Cc1ccc(Cl)c(Oc2ccccc2)c1.O=c1[nH]nc(Cc2ccc(Cl)c(Oc3ccccc3)c2)o1. The van der Waals surface area contributed by atoms with Crippen LogP contribution in [-0.4, -0.2) is 16.0 Å². The average molecular weight is 563 g/mol. The van der Waals surface area contributed by atoms with Crippen molar-refractivity contribution in [3.63, 3.8) is 0 Å². The van der Waals surface area contributed by atoms with Gasteiger partial charge < -0.3 is 13.9 Å². The molecule has 0 saturated carbocycles. The first-order valence-electron chi connectivity index (χ1n) is 11.9. The Kier molecular flexibility index (Phi) is 9.56. The zero-order valence-corrected chi connectivity index (χ0v) is 22.4. The summed E-state index contributed by atoms with van der Waals surface area (Å²) in [6, 6.07) is 29.5. The number of Topliss-reactive ketones (excluding diaryl/α,β-unsaturated/α-hetero) is 1. The van der Waals surface area contributed by atoms with Crippen LogP contribution in [0.1, 0.15) is 23.9 Å². The molecule has 0 saturated heterocycles. The van der Waals surface area contributed by atoms with Crippen molar-refractivity contribution in [3.8, 4) is 23.0 Å². The van der Waals surface area contributed by atoms with Gasteiger partial charge in [-0.2, -0.15) is 0 Å². The number of benzene rings is 4. The Morgan fingerprint density at radius 2 is 1.31 bits per heavy atom. The number of rotatable bonds is 8. The lowest BCUT2D eigenvalue weighted by Crippen LogP contribution is -1.96. The summed E-state index contributed by atoms with van der Waals surface area (Å²) in [5.41, 5.74) is 1.78. The maximum atomic E-state index is 11.1. The van der Waals surface area contributed by atoms with Gasteiger partial charge in [-0.05, 0) is 66.6 Å². The highest BCUT2D eigenvalue weighted by Crippen LogP contribution is 2.31. The van der Waals surface area contributed by atoms with E-state index in [4.69, 9.17) is 37.1 Å². The van der Waals surface area contributed by atoms with Crippen molar-refractivity contribution in [2.45, 2.75) is 19.8 Å². The van der Waals surface area contributed by atoms with Gasteiger partial charge in [0.15, 0.2) is 0 Å². The first-order valence-corrected chi connectivity index (χ1v) is 12.7. The number of hydrogen-bond acceptors (Lipinski definition) is 6. The highest BCUT2D eigenvalue weighted by Gasteiger charge is 2.09. The average Bonchev–Trinajstić information content (AvgIpc) is 3.33. The summed E-state index contributed by atoms with van der Waals surface area (Å²) >= 11 is 12.2. The summed E-state index contributed by atoms with van der Waals surface area (Å²) in [6.07, 6.45) is 0.767. The number of ether oxygens (including phenoxy) is 2. The lowest BCUT2D eigenvalue weighted by atomic mass is 10.1. The van der Waals surface area contributed by atoms with Crippen LogP contribution in [0.2, 0.25) is 10.0 Å². The molecule has 1 N–H and O–H groups in total. The molecule has 0 unspecified atom stereocenters. The van der Waals surface area contributed by atoms with Crippen LogP contribution in [0, 0.1) is 0 Å². The van der Waals surface area contributed by atoms with E-state index in [0.717, 1.165) is 16.9 Å². The first-order chi connectivity index (χ1) is 18.9. The number of nitrogens with one attached hydrogen (secondary N) is 1. The summed E-state index contributed by atoms with van der Waals surface area (Å²) < 4.78 is 16.3. The molecule has 0 radical (unpaired) electrons. The number of carbonyl (C=O) groups is 1. The summed E-state index contributed by atoms with van der Waals surface area (Å²) in [5, 5.41) is 7.03. The second-order valence-corrected chi connectivity index (χ2v) is 9.24. The summed E-state index contributed by atoms with van der Waals surface area (Å²) in [5.74, 6) is 2.39. The van der Waals surface area contributed by atoms with E-state index < -0.39 is 5.76 Å². The van der Waals surface area contributed by atoms with E-state index >= 15 is 0 Å². The van der Waals surface area contributed by atoms with E-state index in [9.17, 15) is 9.59 Å². The van der Waals surface area contributed by atoms with Gasteiger partial charge in [0, 0.05) is 6.42 Å². The maximum Gasteiger partial charge on any atom is 0.434 e. The van der Waals surface area contributed by atoms with Crippen molar-refractivity contribution >= 4 is 29.0 Å². The van der Waals surface area contributed by atoms with Crippen molar-refractivity contribution < 1.29 is 18.7 Å². The molecule has 1 heterocycles. The lowest BCUT2D eigenvalue weighted by molar-refractivity contribution is -0.116. The number of para-hydroxylation sites is 2. The molecule has 39 heavy (non-hydrogen) atoms. The number of aromatic amines is 1. The van der Waals surface area contributed by atoms with Crippen molar-refractivity contribution in [1.29, 1.82) is 0 Å². The molecule has 0 aliphatic carbocycles. The minimum Gasteiger partial charge on any atom is -0.456 e. The van der Waals surface area contributed by atoms with Crippen molar-refractivity contribution in [3.05, 3.63) is 135 Å². The fraction of sp³-hybridized carbons (Fsp3) is 0.100. The summed E-state index contributed by atoms with van der Waals surface area (Å²) in [6.45, 7) is 1.56. The predicted molar refractivity (Wildman–Crippen MR) is 150 cm³/mol. The standard InChI is InChI=1S/C15H11ClN2O3.C15H13ClO2/c16-12-7-6-10(9-14-17-18-15(19)21-14)8-13(12)20-11-4-2-1-3-5-11;1-11(17)9-12-7-8-14(16)15(10-12)18-13-5-3-2-4-6-13/h1-8H,9H2,(H,18,19);2-8,10H,9H2,1H3. The van der Waals surface area contributed by atoms with Gasteiger partial charge >= 0.3 is 5.76 Å². The fourth-order valence-corrected chi connectivity index (χ4v) is 3.81. The zero-order valence-electron chi connectivity index (χ0n) is 20.9. The Labute approximate surface area is 234 Å². The van der Waals surface area contributed by atoms with Gasteiger partial charge in [-0.3, -0.25) is 4.79 Å². The molecule has 0 aliphatic heterocycles. The Morgan fingerprint density at radius 1 is 0.795 bits per heavy atom. The highest BCUT2D eigenvalue weighted by molar-refractivity contribution is 6.32. The number of halogens is 2. The lowest BCUT2D eigenvalue weighted by Gasteiger charge is -2.09. The normalized spacial score (nSPS) is 10.3. The fourth-order valence-electron chi connectivity index (χ4n) is 3.50. The molecule has 0 fully saturated rings. The molecule has 7 nitrogen and oxygen atoms in total. The number of nitrogens with zero attached hydrogens (tertiary/aromatic N) is 1. The van der Waals surface area contributed by atoms with Crippen LogP contribution >= 0.6 is 23.2 Å². The third-order valence-corrected chi connectivity index (χ3v) is 5.85. The Bertz CT molecular complexity index is 1580. The van der Waals surface area contributed by atoms with E-state index in [2.05, 4.69) is 10.2 Å². The van der Waals surface area contributed by atoms with Crippen molar-refractivity contribution in [2.75, 3.05) is 0 Å². The number of carbonyl (C=O) groups excluding carboxylic acids is 1. The van der Waals surface area contributed by atoms with Gasteiger partial charge in [0.1, 0.15) is 28.8 Å². The van der Waals surface area contributed by atoms with Crippen LogP contribution in [-0.2, 0) is 17.6 Å². The van der Waals surface area contributed by atoms with Crippen LogP contribution < -0.4 is 15.2 Å². The number of aromatic nitrogens is 2. The molecule has 4 aromatic carbocycles. The molecule has 5 aromatic rings. The molecule has 0 bridgehead atoms. The van der Waals surface area contributed by atoms with Crippen LogP contribution in [0.3, 0.4) is 0 Å². The minimum absolute atomic E-state index is 0.114. The van der Waals surface area contributed by atoms with E-state index in [0.29, 0.717) is 46.0 Å². The topological polar surface area (TPSA) is 94.4 Å². The van der Waals surface area contributed by atoms with Crippen LogP contribution in [0.25, 0.3) is 0 Å². The van der Waals surface area contributed by atoms with E-state index in [1.54, 1.807) is 31.2 Å². The van der Waals surface area contributed by atoms with E-state index in [1.165, 1.54) is 0 Å². The Balaban J connectivity index is 0.000000183. The highest BCUT2D eigenvalue weighted by atomic mass is 35.5. The Hall–Kier alpha value is -4.33. The van der Waals surface area contributed by atoms with Gasteiger partial charge in [-0.1, -0.05) is 71.7 Å². The first kappa shape index (κ1) is 27.7. The smallest absolute Gasteiger partial charge is 0.434 e. The van der Waals surface area contributed by atoms with Crippen molar-refractivity contribution in [1.82, 2.24) is 10.2 Å². The molecule has 0 amide bonds. The van der Waals surface area contributed by atoms with Crippen LogP contribution in [0.4, 0.5) is 0 Å². The monoisotopic (exact) mass is 562 g/mol. The largest absolute Gasteiger partial charge is 0.456 e. The van der Waals surface area contributed by atoms with E-state index in [1.807, 2.05) is 72.8 Å². The quantitative estimate of drug-likeness (QED) is 0.208. The number of ketones is 1.